The van der Waals surface area contributed by atoms with Crippen LogP contribution >= 0.6 is 11.3 Å². The predicted octanol–water partition coefficient (Wildman–Crippen LogP) is 3.86. The van der Waals surface area contributed by atoms with Crippen LogP contribution in [-0.4, -0.2) is 22.4 Å². The third-order valence-corrected chi connectivity index (χ3v) is 5.48. The van der Waals surface area contributed by atoms with Crippen molar-refractivity contribution in [1.29, 1.82) is 0 Å². The minimum atomic E-state index is -0.374. The van der Waals surface area contributed by atoms with Crippen LogP contribution in [0.1, 0.15) is 21.3 Å². The van der Waals surface area contributed by atoms with Crippen LogP contribution in [0.4, 0.5) is 4.39 Å². The molecule has 3 heterocycles. The first-order valence-corrected chi connectivity index (χ1v) is 9.26. The Morgan fingerprint density at radius 2 is 2.04 bits per heavy atom. The Morgan fingerprint density at radius 1 is 1.22 bits per heavy atom. The number of aromatic nitrogens is 2. The number of amides is 1. The normalized spacial score (nSPS) is 12.2. The number of thiophene rings is 1. The van der Waals surface area contributed by atoms with Crippen molar-refractivity contribution < 1.29 is 9.18 Å². The number of nitrogens with one attached hydrogen (secondary N) is 2. The molecule has 0 aliphatic carbocycles. The Morgan fingerprint density at radius 3 is 2.81 bits per heavy atom. The fourth-order valence-electron chi connectivity index (χ4n) is 2.97. The van der Waals surface area contributed by atoms with Gasteiger partial charge in [0.15, 0.2) is 0 Å². The van der Waals surface area contributed by atoms with Gasteiger partial charge in [-0.2, -0.15) is 0 Å². The summed E-state index contributed by atoms with van der Waals surface area (Å²) in [7, 11) is 0. The summed E-state index contributed by atoms with van der Waals surface area (Å²) < 4.78 is 13.1. The first-order valence-electron chi connectivity index (χ1n) is 8.44. The number of aromatic amines is 1. The van der Waals surface area contributed by atoms with Crippen LogP contribution in [0, 0.1) is 5.82 Å². The average molecular weight is 380 g/mol. The van der Waals surface area contributed by atoms with Crippen LogP contribution in [0.3, 0.4) is 0 Å². The molecule has 0 spiro atoms. The van der Waals surface area contributed by atoms with E-state index in [1.807, 2.05) is 24.4 Å². The van der Waals surface area contributed by atoms with Gasteiger partial charge in [0, 0.05) is 34.8 Å². The number of hydrogen-bond acceptors (Lipinski definition) is 4. The first-order chi connectivity index (χ1) is 13.2. The molecule has 0 aliphatic heterocycles. The van der Waals surface area contributed by atoms with Crippen LogP contribution in [0.25, 0.3) is 21.5 Å². The second-order valence-electron chi connectivity index (χ2n) is 6.08. The lowest BCUT2D eigenvalue weighted by atomic mass is 10.1. The van der Waals surface area contributed by atoms with Crippen LogP contribution in [0.15, 0.2) is 60.9 Å². The Balaban J connectivity index is 1.55. The van der Waals surface area contributed by atoms with Crippen LogP contribution in [0.5, 0.6) is 0 Å². The van der Waals surface area contributed by atoms with Gasteiger partial charge in [-0.05, 0) is 42.0 Å². The lowest BCUT2D eigenvalue weighted by Crippen LogP contribution is -2.32. The van der Waals surface area contributed by atoms with Gasteiger partial charge in [-0.15, -0.1) is 11.3 Å². The highest BCUT2D eigenvalue weighted by Crippen LogP contribution is 2.33. The zero-order chi connectivity index (χ0) is 18.8. The molecule has 1 amide bonds. The van der Waals surface area contributed by atoms with E-state index in [-0.39, 0.29) is 24.3 Å². The van der Waals surface area contributed by atoms with Gasteiger partial charge >= 0.3 is 0 Å². The molecule has 5 nitrogen and oxygen atoms in total. The molecule has 0 saturated carbocycles. The summed E-state index contributed by atoms with van der Waals surface area (Å²) in [5.74, 6) is -0.527. The molecule has 27 heavy (non-hydrogen) atoms. The minimum Gasteiger partial charge on any atom is -0.345 e. The predicted molar refractivity (Wildman–Crippen MR) is 105 cm³/mol. The molecule has 3 aromatic heterocycles. The van der Waals surface area contributed by atoms with Crippen molar-refractivity contribution in [2.24, 2.45) is 5.73 Å². The van der Waals surface area contributed by atoms with Gasteiger partial charge in [0.2, 0.25) is 0 Å². The number of nitrogens with two attached hydrogens (primary N) is 1. The quantitative estimate of drug-likeness (QED) is 0.492. The molecule has 4 rings (SSSR count). The van der Waals surface area contributed by atoms with E-state index in [9.17, 15) is 9.18 Å². The highest BCUT2D eigenvalue weighted by molar-refractivity contribution is 7.17. The third kappa shape index (κ3) is 3.47. The molecule has 0 saturated heterocycles. The maximum Gasteiger partial charge on any atom is 0.261 e. The van der Waals surface area contributed by atoms with Gasteiger partial charge in [0.25, 0.3) is 5.91 Å². The summed E-state index contributed by atoms with van der Waals surface area (Å²) in [5.41, 5.74) is 8.39. The van der Waals surface area contributed by atoms with Gasteiger partial charge in [0.05, 0.1) is 10.9 Å². The summed E-state index contributed by atoms with van der Waals surface area (Å²) in [5, 5.41) is 3.93. The summed E-state index contributed by atoms with van der Waals surface area (Å²) >= 11 is 1.40. The molecule has 4 aromatic rings. The van der Waals surface area contributed by atoms with Gasteiger partial charge in [0.1, 0.15) is 11.5 Å². The molecule has 136 valence electrons. The van der Waals surface area contributed by atoms with Crippen molar-refractivity contribution in [1.82, 2.24) is 15.3 Å². The lowest BCUT2D eigenvalue weighted by molar-refractivity contribution is 0.0942. The molecule has 0 radical (unpaired) electrons. The standard InChI is InChI=1S/C20H17FN4OS/c21-13-5-3-12(4-6-13)16(10-22)25-20(26)18-8-7-17(27-18)15-11-24-19-14(15)2-1-9-23-19/h1-9,11,16H,10,22H2,(H,23,24)(H,25,26). The summed E-state index contributed by atoms with van der Waals surface area (Å²) in [6.07, 6.45) is 3.63. The van der Waals surface area contributed by atoms with Crippen molar-refractivity contribution in [2.75, 3.05) is 6.54 Å². The van der Waals surface area contributed by atoms with E-state index < -0.39 is 0 Å². The van der Waals surface area contributed by atoms with E-state index in [0.717, 1.165) is 27.0 Å². The van der Waals surface area contributed by atoms with Gasteiger partial charge in [-0.3, -0.25) is 4.79 Å². The Bertz CT molecular complexity index is 1090. The molecule has 1 unspecified atom stereocenters. The number of benzene rings is 1. The number of carbonyl (C=O) groups is 1. The number of pyridine rings is 1. The molecule has 0 aliphatic rings. The zero-order valence-corrected chi connectivity index (χ0v) is 15.1. The number of nitrogens with zero attached hydrogens (tertiary/aromatic N) is 1. The number of fused-ring (bicyclic) bond motifs is 1. The molecule has 7 heteroatoms. The van der Waals surface area contributed by atoms with E-state index in [4.69, 9.17) is 5.73 Å². The van der Waals surface area contributed by atoms with Crippen molar-refractivity contribution in [3.63, 3.8) is 0 Å². The molecule has 0 fully saturated rings. The highest BCUT2D eigenvalue weighted by Gasteiger charge is 2.17. The summed E-state index contributed by atoms with van der Waals surface area (Å²) in [6, 6.07) is 13.2. The van der Waals surface area contributed by atoms with Crippen molar-refractivity contribution >= 4 is 28.3 Å². The third-order valence-electron chi connectivity index (χ3n) is 4.36. The summed E-state index contributed by atoms with van der Waals surface area (Å²) in [6.45, 7) is 0.226. The molecule has 1 atom stereocenters. The zero-order valence-electron chi connectivity index (χ0n) is 14.3. The second-order valence-corrected chi connectivity index (χ2v) is 7.16. The smallest absolute Gasteiger partial charge is 0.261 e. The SMILES string of the molecule is NCC(NC(=O)c1ccc(-c2c[nH]c3ncccc23)s1)c1ccc(F)cc1. The molecular weight excluding hydrogens is 363 g/mol. The van der Waals surface area contributed by atoms with E-state index in [1.54, 1.807) is 24.4 Å². The van der Waals surface area contributed by atoms with Crippen molar-refractivity contribution in [3.8, 4) is 10.4 Å². The lowest BCUT2D eigenvalue weighted by Gasteiger charge is -2.16. The van der Waals surface area contributed by atoms with Crippen LogP contribution in [0.2, 0.25) is 0 Å². The number of carbonyl (C=O) groups excluding carboxylic acids is 1. The highest BCUT2D eigenvalue weighted by atomic mass is 32.1. The van der Waals surface area contributed by atoms with Crippen LogP contribution in [-0.2, 0) is 0 Å². The van der Waals surface area contributed by atoms with E-state index in [2.05, 4.69) is 15.3 Å². The van der Waals surface area contributed by atoms with E-state index in [1.165, 1.54) is 23.5 Å². The minimum absolute atomic E-state index is 0.205. The van der Waals surface area contributed by atoms with Gasteiger partial charge in [-0.1, -0.05) is 12.1 Å². The van der Waals surface area contributed by atoms with Crippen molar-refractivity contribution in [2.45, 2.75) is 6.04 Å². The molecule has 4 N–H and O–H groups in total. The molecule has 1 aromatic carbocycles. The number of hydrogen-bond donors (Lipinski definition) is 3. The monoisotopic (exact) mass is 380 g/mol. The van der Waals surface area contributed by atoms with Gasteiger partial charge < -0.3 is 16.0 Å². The average Bonchev–Trinajstić information content (AvgIpc) is 3.33. The fraction of sp³-hybridized carbons (Fsp3) is 0.100. The number of rotatable bonds is 5. The van der Waals surface area contributed by atoms with Gasteiger partial charge in [-0.25, -0.2) is 9.37 Å². The van der Waals surface area contributed by atoms with Crippen molar-refractivity contribution in [3.05, 3.63) is 77.2 Å². The maximum absolute atomic E-state index is 13.1. The number of halogens is 1. The first kappa shape index (κ1) is 17.4. The second kappa shape index (κ2) is 7.30. The van der Waals surface area contributed by atoms with Crippen LogP contribution < -0.4 is 11.1 Å². The Hall–Kier alpha value is -3.03. The maximum atomic E-state index is 13.1. The van der Waals surface area contributed by atoms with E-state index >= 15 is 0 Å². The number of H-pyrrole nitrogens is 1. The Kier molecular flexibility index (Phi) is 4.70. The van der Waals surface area contributed by atoms with E-state index in [0.29, 0.717) is 4.88 Å². The molecule has 0 bridgehead atoms. The Labute approximate surface area is 159 Å². The topological polar surface area (TPSA) is 83.8 Å². The molecular formula is C20H17FN4OS. The largest absolute Gasteiger partial charge is 0.345 e. The fourth-order valence-corrected chi connectivity index (χ4v) is 3.91. The summed E-state index contributed by atoms with van der Waals surface area (Å²) in [4.78, 5) is 21.6.